The molecule has 0 aliphatic carbocycles. The van der Waals surface area contributed by atoms with Crippen molar-refractivity contribution in [3.63, 3.8) is 0 Å². The Kier molecular flexibility index (Phi) is 6.17. The van der Waals surface area contributed by atoms with Crippen molar-refractivity contribution in [2.24, 2.45) is 0 Å². The number of carbonyl (C=O) groups is 1. The molecule has 1 aromatic carbocycles. The van der Waals surface area contributed by atoms with E-state index in [0.717, 1.165) is 19.1 Å². The van der Waals surface area contributed by atoms with E-state index >= 15 is 0 Å². The van der Waals surface area contributed by atoms with Crippen LogP contribution in [0.15, 0.2) is 18.2 Å². The third kappa shape index (κ3) is 4.83. The molecule has 1 unspecified atom stereocenters. The molecule has 0 aliphatic rings. The predicted molar refractivity (Wildman–Crippen MR) is 70.2 cm³/mol. The van der Waals surface area contributed by atoms with Crippen molar-refractivity contribution >= 4 is 28.8 Å². The zero-order valence-electron chi connectivity index (χ0n) is 11.0. The molecule has 22 heavy (non-hydrogen) atoms. The molecule has 6 nitrogen and oxygen atoms in total. The molecule has 0 bridgehead atoms. The fourth-order valence-corrected chi connectivity index (χ4v) is 2.30. The molecule has 1 N–H and O–H groups in total. The quantitative estimate of drug-likeness (QED) is 0.621. The maximum absolute atomic E-state index is 12.5. The van der Waals surface area contributed by atoms with E-state index in [0.29, 0.717) is 0 Å². The highest BCUT2D eigenvalue weighted by molar-refractivity contribution is 7.76. The first-order chi connectivity index (χ1) is 10.0. The van der Waals surface area contributed by atoms with Gasteiger partial charge in [-0.25, -0.2) is 4.79 Å². The molecule has 0 saturated carbocycles. The standard InChI is InChI=1S/C11H11ClF3NO5S/c1-6(16(22(19)20)11(13,14)15)5-21-7-2-3-8(10(17)18)9(12)4-7/h2-4,6H,5H2,1H3,(H,17,18)(H,19,20)/p-1/t6-/m0/s1. The predicted octanol–water partition coefficient (Wildman–Crippen LogP) is 2.42. The fraction of sp³-hybridized carbons (Fsp3) is 0.364. The van der Waals surface area contributed by atoms with E-state index in [2.05, 4.69) is 0 Å². The first kappa shape index (κ1) is 18.7. The number of hydrogen-bond acceptors (Lipinski definition) is 4. The van der Waals surface area contributed by atoms with E-state index < -0.39 is 40.5 Å². The summed E-state index contributed by atoms with van der Waals surface area (Å²) in [6.07, 6.45) is -5.07. The van der Waals surface area contributed by atoms with Crippen LogP contribution in [0.3, 0.4) is 0 Å². The number of carboxylic acid groups (broad SMARTS) is 1. The van der Waals surface area contributed by atoms with Crippen LogP contribution in [0.5, 0.6) is 5.75 Å². The monoisotopic (exact) mass is 360 g/mol. The van der Waals surface area contributed by atoms with Crippen molar-refractivity contribution in [2.45, 2.75) is 19.3 Å². The maximum atomic E-state index is 12.5. The lowest BCUT2D eigenvalue weighted by Gasteiger charge is -2.31. The van der Waals surface area contributed by atoms with Gasteiger partial charge in [0.05, 0.1) is 16.6 Å². The Bertz CT molecular complexity index is 583. The van der Waals surface area contributed by atoms with Crippen LogP contribution in [0.4, 0.5) is 13.2 Å². The molecule has 0 saturated heterocycles. The summed E-state index contributed by atoms with van der Waals surface area (Å²) in [5, 5.41) is 8.62. The SMILES string of the molecule is C[C@@H](COc1ccc(C(=O)O)c(Cl)c1)N(S(=O)[O-])C(F)(F)F. The van der Waals surface area contributed by atoms with Crippen molar-refractivity contribution in [3.05, 3.63) is 28.8 Å². The van der Waals surface area contributed by atoms with Crippen molar-refractivity contribution in [3.8, 4) is 5.75 Å². The summed E-state index contributed by atoms with van der Waals surface area (Å²) in [5.74, 6) is -1.25. The van der Waals surface area contributed by atoms with E-state index in [9.17, 15) is 26.7 Å². The lowest BCUT2D eigenvalue weighted by atomic mass is 10.2. The summed E-state index contributed by atoms with van der Waals surface area (Å²) in [5.41, 5.74) is -0.195. The molecule has 2 atom stereocenters. The number of benzene rings is 1. The highest BCUT2D eigenvalue weighted by Crippen LogP contribution is 2.26. The molecule has 1 aromatic rings. The van der Waals surface area contributed by atoms with Gasteiger partial charge in [-0.1, -0.05) is 11.6 Å². The first-order valence-electron chi connectivity index (χ1n) is 5.65. The molecule has 0 fully saturated rings. The number of rotatable bonds is 6. The van der Waals surface area contributed by atoms with Crippen LogP contribution < -0.4 is 4.74 Å². The Labute approximate surface area is 130 Å². The summed E-state index contributed by atoms with van der Waals surface area (Å²) in [7, 11) is 0. The molecule has 0 heterocycles. The van der Waals surface area contributed by atoms with E-state index in [-0.39, 0.29) is 16.3 Å². The maximum Gasteiger partial charge on any atom is 0.470 e. The second kappa shape index (κ2) is 7.27. The molecule has 124 valence electrons. The van der Waals surface area contributed by atoms with Crippen molar-refractivity contribution in [1.29, 1.82) is 0 Å². The Morgan fingerprint density at radius 1 is 1.55 bits per heavy atom. The molecule has 0 radical (unpaired) electrons. The van der Waals surface area contributed by atoms with E-state index in [1.807, 2.05) is 0 Å². The van der Waals surface area contributed by atoms with Crippen LogP contribution in [0, 0.1) is 0 Å². The minimum Gasteiger partial charge on any atom is -0.759 e. The number of ether oxygens (including phenoxy) is 1. The minimum atomic E-state index is -5.07. The van der Waals surface area contributed by atoms with Gasteiger partial charge in [-0.15, -0.1) is 4.31 Å². The van der Waals surface area contributed by atoms with Crippen LogP contribution >= 0.6 is 11.6 Å². The molecule has 0 aromatic heterocycles. The Morgan fingerprint density at radius 3 is 2.55 bits per heavy atom. The zero-order chi connectivity index (χ0) is 17.1. The zero-order valence-corrected chi connectivity index (χ0v) is 12.5. The van der Waals surface area contributed by atoms with E-state index in [4.69, 9.17) is 21.4 Å². The topological polar surface area (TPSA) is 89.9 Å². The third-order valence-corrected chi connectivity index (χ3v) is 3.67. The summed E-state index contributed by atoms with van der Waals surface area (Å²) in [6.45, 7) is 0.409. The van der Waals surface area contributed by atoms with Gasteiger partial charge in [0.15, 0.2) is 0 Å². The van der Waals surface area contributed by atoms with Gasteiger partial charge < -0.3 is 14.4 Å². The molecular formula is C11H10ClF3NO5S-. The second-order valence-corrected chi connectivity index (χ2v) is 5.35. The highest BCUT2D eigenvalue weighted by atomic mass is 35.5. The number of hydrogen-bond donors (Lipinski definition) is 1. The number of alkyl halides is 3. The molecular weight excluding hydrogens is 351 g/mol. The first-order valence-corrected chi connectivity index (χ1v) is 7.06. The lowest BCUT2D eigenvalue weighted by molar-refractivity contribution is -0.222. The van der Waals surface area contributed by atoms with Crippen molar-refractivity contribution in [2.75, 3.05) is 6.61 Å². The van der Waals surface area contributed by atoms with Crippen molar-refractivity contribution in [1.82, 2.24) is 4.31 Å². The molecule has 0 amide bonds. The molecule has 1 rings (SSSR count). The highest BCUT2D eigenvalue weighted by Gasteiger charge is 2.42. The normalized spacial score (nSPS) is 14.7. The smallest absolute Gasteiger partial charge is 0.470 e. The van der Waals surface area contributed by atoms with Crippen LogP contribution in [0.25, 0.3) is 0 Å². The summed E-state index contributed by atoms with van der Waals surface area (Å²) >= 11 is 2.17. The third-order valence-electron chi connectivity index (χ3n) is 2.47. The fourth-order valence-electron chi connectivity index (χ4n) is 1.52. The van der Waals surface area contributed by atoms with Gasteiger partial charge in [0, 0.05) is 11.3 Å². The number of carboxylic acids is 1. The van der Waals surface area contributed by atoms with Gasteiger partial charge in [0.2, 0.25) is 0 Å². The van der Waals surface area contributed by atoms with Crippen molar-refractivity contribution < 1.29 is 36.6 Å². The van der Waals surface area contributed by atoms with Crippen LogP contribution in [-0.4, -0.2) is 43.1 Å². The van der Waals surface area contributed by atoms with E-state index in [1.165, 1.54) is 6.07 Å². The summed E-state index contributed by atoms with van der Waals surface area (Å²) < 4.78 is 63.2. The van der Waals surface area contributed by atoms with Gasteiger partial charge >= 0.3 is 12.3 Å². The van der Waals surface area contributed by atoms with Gasteiger partial charge in [-0.05, 0) is 25.1 Å². The second-order valence-electron chi connectivity index (χ2n) is 4.12. The van der Waals surface area contributed by atoms with Crippen LogP contribution in [0.2, 0.25) is 5.02 Å². The molecule has 11 heteroatoms. The van der Waals surface area contributed by atoms with E-state index in [1.54, 1.807) is 0 Å². The summed E-state index contributed by atoms with van der Waals surface area (Å²) in [6, 6.07) is 1.92. The number of aromatic carboxylic acids is 1. The Hall–Kier alpha value is -1.36. The number of nitrogens with zero attached hydrogens (tertiary/aromatic N) is 1. The van der Waals surface area contributed by atoms with Crippen LogP contribution in [0.1, 0.15) is 17.3 Å². The van der Waals surface area contributed by atoms with Gasteiger partial charge in [0.1, 0.15) is 12.4 Å². The Balaban J connectivity index is 2.79. The lowest BCUT2D eigenvalue weighted by Crippen LogP contribution is -2.47. The van der Waals surface area contributed by atoms with Gasteiger partial charge in [-0.3, -0.25) is 4.21 Å². The Morgan fingerprint density at radius 2 is 2.14 bits per heavy atom. The van der Waals surface area contributed by atoms with Gasteiger partial charge in [0.25, 0.3) is 0 Å². The average Bonchev–Trinajstić information content (AvgIpc) is 2.33. The van der Waals surface area contributed by atoms with Gasteiger partial charge in [-0.2, -0.15) is 13.2 Å². The van der Waals surface area contributed by atoms with Crippen LogP contribution in [-0.2, 0) is 11.3 Å². The minimum absolute atomic E-state index is 0.0145. The summed E-state index contributed by atoms with van der Waals surface area (Å²) in [4.78, 5) is 10.7. The molecule has 0 spiro atoms. The molecule has 0 aliphatic heterocycles. The number of halogens is 4. The average molecular weight is 361 g/mol. The largest absolute Gasteiger partial charge is 0.759 e.